The largest absolute Gasteiger partial charge is 0.490 e. The molecule has 1 N–H and O–H groups in total. The molecule has 0 spiro atoms. The van der Waals surface area contributed by atoms with Gasteiger partial charge in [-0.05, 0) is 145 Å². The van der Waals surface area contributed by atoms with Crippen LogP contribution in [0.25, 0.3) is 0 Å². The first kappa shape index (κ1) is 40.5. The molecule has 2 aromatic rings. The minimum Gasteiger partial charge on any atom is -0.490 e. The molecule has 3 amide bonds. The van der Waals surface area contributed by atoms with Crippen molar-refractivity contribution in [1.82, 2.24) is 20.0 Å². The van der Waals surface area contributed by atoms with Crippen molar-refractivity contribution in [3.8, 4) is 11.5 Å². The van der Waals surface area contributed by atoms with Crippen molar-refractivity contribution in [3.63, 3.8) is 0 Å². The first-order valence-electron chi connectivity index (χ1n) is 20.4. The van der Waals surface area contributed by atoms with Crippen molar-refractivity contribution in [3.05, 3.63) is 58.7 Å². The molecular weight excluding hydrogens is 719 g/mol. The van der Waals surface area contributed by atoms with Crippen molar-refractivity contribution >= 4 is 17.9 Å². The van der Waals surface area contributed by atoms with Gasteiger partial charge in [0.15, 0.2) is 0 Å². The maximum absolute atomic E-state index is 12.4. The van der Waals surface area contributed by atoms with Crippen molar-refractivity contribution in [1.29, 1.82) is 0 Å². The number of hydrogen-bond donors (Lipinski definition) is 1. The quantitative estimate of drug-likeness (QED) is 0.387. The van der Waals surface area contributed by atoms with Crippen molar-refractivity contribution in [2.24, 2.45) is 11.8 Å². The van der Waals surface area contributed by atoms with E-state index >= 15 is 0 Å². The average molecular weight is 780 g/mol. The smallest absolute Gasteiger partial charge is 0.410 e. The van der Waals surface area contributed by atoms with Gasteiger partial charge in [-0.3, -0.25) is 9.59 Å². The number of nitrogens with one attached hydrogen (secondary N) is 1. The molecule has 0 aromatic heterocycles. The molecule has 2 aromatic carbocycles. The van der Waals surface area contributed by atoms with Crippen LogP contribution in [0.3, 0.4) is 0 Å². The van der Waals surface area contributed by atoms with Gasteiger partial charge in [-0.2, -0.15) is 0 Å². The molecule has 0 unspecified atom stereocenters. The summed E-state index contributed by atoms with van der Waals surface area (Å²) in [6, 6.07) is 12.9. The van der Waals surface area contributed by atoms with Gasteiger partial charge in [0.1, 0.15) is 29.3 Å². The Morgan fingerprint density at radius 2 is 1.00 bits per heavy atom. The number of amides is 3. The van der Waals surface area contributed by atoms with Crippen LogP contribution in [0.2, 0.25) is 0 Å². The Balaban J connectivity index is 0.000000187. The molecule has 2 saturated heterocycles. The molecule has 8 rings (SSSR count). The fourth-order valence-corrected chi connectivity index (χ4v) is 7.95. The number of fused-ring (bicyclic) bond motifs is 2. The second-order valence-corrected chi connectivity index (χ2v) is 16.9. The SMILES string of the molecule is CC(C)(C)OC(=O)N1CCC(Oc2ccc3c(c2)CCN(C(=O)C2CC2)CC3)CC1.O=C(C1CC1)N1CCc2ccc(OC3CCNCC3)cc2CC1.[V]. The Hall–Kier alpha value is -3.21. The Bertz CT molecular complexity index is 1610. The van der Waals surface area contributed by atoms with Crippen LogP contribution < -0.4 is 14.8 Å². The predicted octanol–water partition coefficient (Wildman–Crippen LogP) is 5.95. The van der Waals surface area contributed by atoms with Crippen LogP contribution in [0.5, 0.6) is 11.5 Å². The third-order valence-corrected chi connectivity index (χ3v) is 11.4. The van der Waals surface area contributed by atoms with Crippen LogP contribution in [0.15, 0.2) is 36.4 Å². The van der Waals surface area contributed by atoms with Crippen molar-refractivity contribution in [2.45, 2.75) is 116 Å². The minimum absolute atomic E-state index is 0. The molecule has 11 heteroatoms. The van der Waals surface area contributed by atoms with Gasteiger partial charge in [-0.1, -0.05) is 12.1 Å². The fraction of sp³-hybridized carbons (Fsp3) is 0.651. The van der Waals surface area contributed by atoms with Gasteiger partial charge in [0.05, 0.1) is 0 Å². The van der Waals surface area contributed by atoms with Gasteiger partial charge in [-0.25, -0.2) is 4.79 Å². The van der Waals surface area contributed by atoms with E-state index in [1.807, 2.05) is 25.7 Å². The average Bonchev–Trinajstić information content (AvgIpc) is 4.04. The molecule has 0 bridgehead atoms. The maximum Gasteiger partial charge on any atom is 0.410 e. The summed E-state index contributed by atoms with van der Waals surface area (Å²) in [4.78, 5) is 42.8. The van der Waals surface area contributed by atoms with Crippen LogP contribution >= 0.6 is 0 Å². The van der Waals surface area contributed by atoms with E-state index < -0.39 is 5.60 Å². The zero-order chi connectivity index (χ0) is 37.0. The summed E-state index contributed by atoms with van der Waals surface area (Å²) in [5.74, 6) is 3.23. The van der Waals surface area contributed by atoms with Crippen LogP contribution in [0.1, 0.15) is 94.4 Å². The zero-order valence-electron chi connectivity index (χ0n) is 32.7. The third-order valence-electron chi connectivity index (χ3n) is 11.4. The standard InChI is InChI=1S/C24H34N2O4.C19H26N2O2.V/c1-24(2,3)30-23(28)26-14-10-20(11-15-26)29-21-7-6-17-8-12-25(13-9-19(17)16-21)22(27)18-4-5-18;22-19(15-1-2-15)21-11-7-14-3-4-18(13-16(14)8-12-21)23-17-5-9-20-10-6-17;/h6-7,16,18,20H,4-5,8-15H2,1-3H3;3-4,13,15,17,20H,1-2,5-12H2;. The monoisotopic (exact) mass is 779 g/mol. The molecule has 6 aliphatic rings. The van der Waals surface area contributed by atoms with Crippen molar-refractivity contribution < 1.29 is 47.1 Å². The third kappa shape index (κ3) is 11.2. The normalized spacial score (nSPS) is 20.8. The molecule has 2 saturated carbocycles. The number of nitrogens with zero attached hydrogens (tertiary/aromatic N) is 3. The molecule has 4 heterocycles. The summed E-state index contributed by atoms with van der Waals surface area (Å²) in [6.07, 6.45) is 12.0. The molecule has 293 valence electrons. The van der Waals surface area contributed by atoms with E-state index in [0.29, 0.717) is 36.9 Å². The summed E-state index contributed by atoms with van der Waals surface area (Å²) in [6.45, 7) is 12.4. The van der Waals surface area contributed by atoms with Crippen LogP contribution in [-0.4, -0.2) is 103 Å². The van der Waals surface area contributed by atoms with E-state index in [1.54, 1.807) is 4.90 Å². The second kappa shape index (κ2) is 18.2. The second-order valence-electron chi connectivity index (χ2n) is 16.9. The molecule has 10 nitrogen and oxygen atoms in total. The number of carbonyl (C=O) groups excluding carboxylic acids is 3. The molecular formula is C43H60N4O6V. The molecule has 4 fully saturated rings. The number of carbonyl (C=O) groups is 3. The summed E-state index contributed by atoms with van der Waals surface area (Å²) >= 11 is 0. The zero-order valence-corrected chi connectivity index (χ0v) is 34.1. The molecule has 0 atom stereocenters. The van der Waals surface area contributed by atoms with Crippen molar-refractivity contribution in [2.75, 3.05) is 52.4 Å². The van der Waals surface area contributed by atoms with Crippen LogP contribution in [0, 0.1) is 11.8 Å². The molecule has 54 heavy (non-hydrogen) atoms. The summed E-state index contributed by atoms with van der Waals surface area (Å²) in [7, 11) is 0. The molecule has 4 aliphatic heterocycles. The van der Waals surface area contributed by atoms with Crippen LogP contribution in [-0.2, 0) is 58.6 Å². The number of piperidine rings is 2. The van der Waals surface area contributed by atoms with E-state index in [0.717, 1.165) is 128 Å². The minimum atomic E-state index is -0.467. The number of hydrogen-bond acceptors (Lipinski definition) is 7. The summed E-state index contributed by atoms with van der Waals surface area (Å²) in [5.41, 5.74) is 4.90. The number of ether oxygens (including phenoxy) is 3. The number of benzene rings is 2. The van der Waals surface area contributed by atoms with E-state index in [-0.39, 0.29) is 36.7 Å². The Kier molecular flexibility index (Phi) is 13.6. The molecule has 2 aliphatic carbocycles. The number of likely N-dealkylation sites (tertiary alicyclic amines) is 1. The van der Waals surface area contributed by atoms with E-state index in [1.165, 1.54) is 22.3 Å². The van der Waals surface area contributed by atoms with Gasteiger partial charge in [0.25, 0.3) is 0 Å². The summed E-state index contributed by atoms with van der Waals surface area (Å²) < 4.78 is 17.9. The Labute approximate surface area is 333 Å². The number of rotatable bonds is 6. The van der Waals surface area contributed by atoms with E-state index in [9.17, 15) is 14.4 Å². The molecule has 1 radical (unpaired) electrons. The first-order valence-corrected chi connectivity index (χ1v) is 20.4. The van der Waals surface area contributed by atoms with Gasteiger partial charge >= 0.3 is 6.09 Å². The van der Waals surface area contributed by atoms with E-state index in [4.69, 9.17) is 14.2 Å². The predicted molar refractivity (Wildman–Crippen MR) is 204 cm³/mol. The topological polar surface area (TPSA) is 101 Å². The fourth-order valence-electron chi connectivity index (χ4n) is 7.95. The van der Waals surface area contributed by atoms with Gasteiger partial charge in [-0.15, -0.1) is 0 Å². The van der Waals surface area contributed by atoms with Gasteiger partial charge in [0, 0.05) is 82.5 Å². The summed E-state index contributed by atoms with van der Waals surface area (Å²) in [5, 5.41) is 3.37. The maximum atomic E-state index is 12.4. The van der Waals surface area contributed by atoms with E-state index in [2.05, 4.69) is 46.6 Å². The Morgan fingerprint density at radius 3 is 1.43 bits per heavy atom. The van der Waals surface area contributed by atoms with Gasteiger partial charge < -0.3 is 34.2 Å². The first-order chi connectivity index (χ1) is 25.6. The Morgan fingerprint density at radius 1 is 0.574 bits per heavy atom. The van der Waals surface area contributed by atoms with Gasteiger partial charge in [0.2, 0.25) is 11.8 Å². The van der Waals surface area contributed by atoms with Crippen LogP contribution in [0.4, 0.5) is 4.79 Å².